The number of thiophene rings is 1. The van der Waals surface area contributed by atoms with Gasteiger partial charge in [-0.05, 0) is 17.5 Å². The van der Waals surface area contributed by atoms with Gasteiger partial charge in [-0.1, -0.05) is 24.3 Å². The number of nitrogens with zero attached hydrogens (tertiary/aromatic N) is 1. The highest BCUT2D eigenvalue weighted by atomic mass is 32.1. The van der Waals surface area contributed by atoms with Crippen molar-refractivity contribution in [3.8, 4) is 0 Å². The summed E-state index contributed by atoms with van der Waals surface area (Å²) < 4.78 is 13.2. The molecule has 3 nitrogen and oxygen atoms in total. The molecule has 0 radical (unpaired) electrons. The number of amides is 1. The molecule has 2 aromatic rings. The van der Waals surface area contributed by atoms with E-state index in [2.05, 4.69) is 10.5 Å². The molecule has 1 aromatic carbocycles. The topological polar surface area (TPSA) is 41.5 Å². The van der Waals surface area contributed by atoms with Gasteiger partial charge >= 0.3 is 0 Å². The molecule has 17 heavy (non-hydrogen) atoms. The van der Waals surface area contributed by atoms with Crippen molar-refractivity contribution in [3.05, 3.63) is 58.0 Å². The predicted molar refractivity (Wildman–Crippen MR) is 65.8 cm³/mol. The molecule has 0 aliphatic carbocycles. The van der Waals surface area contributed by atoms with E-state index in [1.807, 2.05) is 0 Å². The fraction of sp³-hybridized carbons (Fsp3) is 0. The average molecular weight is 248 g/mol. The van der Waals surface area contributed by atoms with Crippen molar-refractivity contribution in [2.24, 2.45) is 5.10 Å². The lowest BCUT2D eigenvalue weighted by Gasteiger charge is -1.96. The van der Waals surface area contributed by atoms with Crippen LogP contribution in [0.25, 0.3) is 0 Å². The van der Waals surface area contributed by atoms with Gasteiger partial charge in [0.25, 0.3) is 5.91 Å². The third-order valence-corrected chi connectivity index (χ3v) is 2.89. The van der Waals surface area contributed by atoms with Gasteiger partial charge in [0.2, 0.25) is 0 Å². The summed E-state index contributed by atoms with van der Waals surface area (Å²) in [6.45, 7) is 0. The van der Waals surface area contributed by atoms with E-state index < -0.39 is 0 Å². The summed E-state index contributed by atoms with van der Waals surface area (Å²) in [5, 5.41) is 5.50. The largest absolute Gasteiger partial charge is 0.281 e. The zero-order chi connectivity index (χ0) is 12.1. The lowest BCUT2D eigenvalue weighted by Crippen LogP contribution is -2.16. The Balaban J connectivity index is 1.99. The minimum atomic E-state index is -0.373. The third-order valence-electron chi connectivity index (χ3n) is 2.02. The number of carbonyl (C=O) groups is 1. The van der Waals surface area contributed by atoms with Gasteiger partial charge in [0.1, 0.15) is 5.82 Å². The maximum absolute atomic E-state index is 13.2. The summed E-state index contributed by atoms with van der Waals surface area (Å²) >= 11 is 1.32. The Morgan fingerprint density at radius 1 is 1.29 bits per heavy atom. The summed E-state index contributed by atoms with van der Waals surface area (Å²) in [6.07, 6.45) is 1.28. The molecular formula is C12H9FN2OS. The number of hydrazone groups is 1. The van der Waals surface area contributed by atoms with Crippen molar-refractivity contribution in [1.29, 1.82) is 0 Å². The Morgan fingerprint density at radius 2 is 2.12 bits per heavy atom. The van der Waals surface area contributed by atoms with Gasteiger partial charge in [-0.15, -0.1) is 11.3 Å². The number of hydrogen-bond acceptors (Lipinski definition) is 3. The summed E-state index contributed by atoms with van der Waals surface area (Å²) in [4.78, 5) is 12.0. The standard InChI is InChI=1S/C12H9FN2OS/c13-10-5-2-1-4-9(10)8-14-15-12(16)11-6-3-7-17-11/h1-8H,(H,15,16)/b14-8-. The SMILES string of the molecule is O=C(N/N=C\c1ccccc1F)c1cccs1. The monoisotopic (exact) mass is 248 g/mol. The van der Waals surface area contributed by atoms with Crippen LogP contribution in [0.2, 0.25) is 0 Å². The number of hydrogen-bond donors (Lipinski definition) is 1. The lowest BCUT2D eigenvalue weighted by atomic mass is 10.2. The van der Waals surface area contributed by atoms with E-state index in [0.717, 1.165) is 0 Å². The van der Waals surface area contributed by atoms with Crippen LogP contribution in [-0.2, 0) is 0 Å². The molecule has 0 bridgehead atoms. The second-order valence-electron chi connectivity index (χ2n) is 3.20. The molecule has 0 unspecified atom stereocenters. The first-order valence-corrected chi connectivity index (χ1v) is 5.77. The van der Waals surface area contributed by atoms with Crippen LogP contribution >= 0.6 is 11.3 Å². The number of nitrogens with one attached hydrogen (secondary N) is 1. The van der Waals surface area contributed by atoms with Crippen molar-refractivity contribution in [3.63, 3.8) is 0 Å². The lowest BCUT2D eigenvalue weighted by molar-refractivity contribution is 0.0959. The number of rotatable bonds is 3. The molecule has 1 heterocycles. The molecular weight excluding hydrogens is 239 g/mol. The molecule has 0 aliphatic rings. The van der Waals surface area contributed by atoms with Crippen molar-refractivity contribution < 1.29 is 9.18 Å². The zero-order valence-electron chi connectivity index (χ0n) is 8.76. The van der Waals surface area contributed by atoms with E-state index >= 15 is 0 Å². The van der Waals surface area contributed by atoms with Gasteiger partial charge in [0.05, 0.1) is 11.1 Å². The van der Waals surface area contributed by atoms with Gasteiger partial charge in [0.15, 0.2) is 0 Å². The van der Waals surface area contributed by atoms with Crippen LogP contribution < -0.4 is 5.43 Å². The number of benzene rings is 1. The minimum absolute atomic E-state index is 0.299. The second-order valence-corrected chi connectivity index (χ2v) is 4.15. The van der Waals surface area contributed by atoms with Crippen LogP contribution in [0.3, 0.4) is 0 Å². The summed E-state index contributed by atoms with van der Waals surface area (Å²) in [6, 6.07) is 9.68. The third kappa shape index (κ3) is 2.98. The average Bonchev–Trinajstić information content (AvgIpc) is 2.85. The molecule has 0 saturated carbocycles. The fourth-order valence-corrected chi connectivity index (χ4v) is 1.82. The van der Waals surface area contributed by atoms with E-state index in [0.29, 0.717) is 10.4 Å². The highest BCUT2D eigenvalue weighted by molar-refractivity contribution is 7.12. The molecule has 2 rings (SSSR count). The van der Waals surface area contributed by atoms with Gasteiger partial charge < -0.3 is 0 Å². The van der Waals surface area contributed by atoms with Gasteiger partial charge in [-0.3, -0.25) is 4.79 Å². The zero-order valence-corrected chi connectivity index (χ0v) is 9.58. The van der Waals surface area contributed by atoms with Crippen LogP contribution in [0, 0.1) is 5.82 Å². The van der Waals surface area contributed by atoms with Crippen LogP contribution in [0.5, 0.6) is 0 Å². The smallest absolute Gasteiger partial charge is 0.266 e. The van der Waals surface area contributed by atoms with Crippen molar-refractivity contribution in [2.45, 2.75) is 0 Å². The molecule has 0 aliphatic heterocycles. The van der Waals surface area contributed by atoms with Crippen LogP contribution in [0.15, 0.2) is 46.9 Å². The van der Waals surface area contributed by atoms with E-state index in [9.17, 15) is 9.18 Å². The number of halogens is 1. The molecule has 1 aromatic heterocycles. The van der Waals surface area contributed by atoms with Crippen molar-refractivity contribution in [1.82, 2.24) is 5.43 Å². The highest BCUT2D eigenvalue weighted by Crippen LogP contribution is 2.07. The summed E-state index contributed by atoms with van der Waals surface area (Å²) in [5.74, 6) is -0.672. The predicted octanol–water partition coefficient (Wildman–Crippen LogP) is 2.65. The van der Waals surface area contributed by atoms with Gasteiger partial charge in [-0.25, -0.2) is 9.82 Å². The highest BCUT2D eigenvalue weighted by Gasteiger charge is 2.03. The van der Waals surface area contributed by atoms with Crippen LogP contribution in [-0.4, -0.2) is 12.1 Å². The van der Waals surface area contributed by atoms with Gasteiger partial charge in [0, 0.05) is 5.56 Å². The van der Waals surface area contributed by atoms with Gasteiger partial charge in [-0.2, -0.15) is 5.10 Å². The molecule has 5 heteroatoms. The Hall–Kier alpha value is -2.01. The minimum Gasteiger partial charge on any atom is -0.266 e. The molecule has 0 fully saturated rings. The molecule has 86 valence electrons. The molecule has 1 N–H and O–H groups in total. The van der Waals surface area contributed by atoms with Crippen molar-refractivity contribution in [2.75, 3.05) is 0 Å². The summed E-state index contributed by atoms with van der Waals surface area (Å²) in [5.41, 5.74) is 2.67. The fourth-order valence-electron chi connectivity index (χ4n) is 1.20. The second kappa shape index (κ2) is 5.36. The molecule has 0 spiro atoms. The Labute approximate surface area is 102 Å². The maximum atomic E-state index is 13.2. The molecule has 0 atom stereocenters. The van der Waals surface area contributed by atoms with Crippen molar-refractivity contribution >= 4 is 23.5 Å². The van der Waals surface area contributed by atoms with E-state index in [1.165, 1.54) is 23.6 Å². The molecule has 0 saturated heterocycles. The summed E-state index contributed by atoms with van der Waals surface area (Å²) in [7, 11) is 0. The maximum Gasteiger partial charge on any atom is 0.281 e. The quantitative estimate of drug-likeness (QED) is 0.658. The first kappa shape index (κ1) is 11.5. The first-order chi connectivity index (χ1) is 8.27. The van der Waals surface area contributed by atoms with E-state index in [4.69, 9.17) is 0 Å². The van der Waals surface area contributed by atoms with Crippen LogP contribution in [0.1, 0.15) is 15.2 Å². The molecule has 1 amide bonds. The van der Waals surface area contributed by atoms with E-state index in [-0.39, 0.29) is 11.7 Å². The van der Waals surface area contributed by atoms with E-state index in [1.54, 1.807) is 35.7 Å². The Kier molecular flexibility index (Phi) is 3.62. The Bertz CT molecular complexity index is 537. The van der Waals surface area contributed by atoms with Crippen LogP contribution in [0.4, 0.5) is 4.39 Å². The first-order valence-electron chi connectivity index (χ1n) is 4.89. The Morgan fingerprint density at radius 3 is 2.82 bits per heavy atom. The number of carbonyl (C=O) groups excluding carboxylic acids is 1. The normalized spacial score (nSPS) is 10.6.